The molecule has 29 heavy (non-hydrogen) atoms. The van der Waals surface area contributed by atoms with Crippen molar-refractivity contribution in [2.24, 2.45) is 22.7 Å². The van der Waals surface area contributed by atoms with E-state index in [1.54, 1.807) is 5.57 Å². The Labute approximate surface area is 180 Å². The lowest BCUT2D eigenvalue weighted by molar-refractivity contribution is -0.0488. The van der Waals surface area contributed by atoms with Crippen LogP contribution in [0.4, 0.5) is 0 Å². The number of fused-ring (bicyclic) bond motifs is 5. The van der Waals surface area contributed by atoms with E-state index in [4.69, 9.17) is 0 Å². The third kappa shape index (κ3) is 3.69. The van der Waals surface area contributed by atoms with Gasteiger partial charge in [0.05, 0.1) is 17.8 Å². The van der Waals surface area contributed by atoms with Crippen LogP contribution in [0, 0.1) is 22.7 Å². The second-order valence-corrected chi connectivity index (χ2v) is 12.0. The summed E-state index contributed by atoms with van der Waals surface area (Å²) in [6.07, 6.45) is 11.6. The fourth-order valence-corrected chi connectivity index (χ4v) is 7.91. The van der Waals surface area contributed by atoms with Gasteiger partial charge in [-0.3, -0.25) is 0 Å². The molecule has 0 amide bonds. The van der Waals surface area contributed by atoms with Gasteiger partial charge in [-0.15, -0.1) is 0 Å². The minimum absolute atomic E-state index is 0.213. The highest BCUT2D eigenvalue weighted by molar-refractivity contribution is 7.99. The van der Waals surface area contributed by atoms with Crippen molar-refractivity contribution in [1.29, 1.82) is 0 Å². The molecule has 0 unspecified atom stereocenters. The van der Waals surface area contributed by atoms with E-state index in [0.29, 0.717) is 24.7 Å². The molecule has 4 aliphatic rings. The number of hydrogen-bond donors (Lipinski definition) is 3. The molecule has 162 valence electrons. The maximum atomic E-state index is 11.0. The quantitative estimate of drug-likeness (QED) is 0.450. The molecular weight excluding hydrogens is 380 g/mol. The van der Waals surface area contributed by atoms with Gasteiger partial charge in [0.25, 0.3) is 0 Å². The summed E-state index contributed by atoms with van der Waals surface area (Å²) in [7, 11) is 0. The summed E-state index contributed by atoms with van der Waals surface area (Å²) in [5.74, 6) is 3.00. The molecule has 6 atom stereocenters. The van der Waals surface area contributed by atoms with E-state index >= 15 is 0 Å². The maximum Gasteiger partial charge on any atom is 0.0661 e. The van der Waals surface area contributed by atoms with E-state index < -0.39 is 17.8 Å². The van der Waals surface area contributed by atoms with Crippen molar-refractivity contribution in [3.8, 4) is 0 Å². The lowest BCUT2D eigenvalue weighted by atomic mass is 9.50. The first kappa shape index (κ1) is 21.7. The van der Waals surface area contributed by atoms with E-state index in [2.05, 4.69) is 32.1 Å². The highest BCUT2D eigenvalue weighted by Crippen LogP contribution is 2.63. The van der Waals surface area contributed by atoms with Crippen LogP contribution in [-0.4, -0.2) is 44.6 Å². The van der Waals surface area contributed by atoms with E-state index in [9.17, 15) is 15.3 Å². The molecule has 0 bridgehead atoms. The molecule has 0 aromatic rings. The zero-order chi connectivity index (χ0) is 21.0. The van der Waals surface area contributed by atoms with Gasteiger partial charge in [-0.1, -0.05) is 48.8 Å². The number of rotatable bonds is 5. The monoisotopic (exact) mass is 418 g/mol. The van der Waals surface area contributed by atoms with Crippen LogP contribution in [0.3, 0.4) is 0 Å². The van der Waals surface area contributed by atoms with Crippen molar-refractivity contribution in [3.05, 3.63) is 34.9 Å². The Kier molecular flexibility index (Phi) is 5.64. The average molecular weight is 419 g/mol. The summed E-state index contributed by atoms with van der Waals surface area (Å²) in [6.45, 7) is 8.47. The predicted octanol–water partition coefficient (Wildman–Crippen LogP) is 4.63. The molecule has 0 heterocycles. The Balaban J connectivity index is 1.51. The standard InChI is InChI=1S/C25H38O3S/c1-23(2,28)11-12-29-15-17-6-8-20-19-7-5-16-13-18(26)14-22(27)25(16,4)21(19)9-10-24(17,20)3/h5-7,18,20-22,26-28H,8-15H2,1-4H3/t18-,20+,21+,22+,24-,25+/m1/s1. The lowest BCUT2D eigenvalue weighted by Crippen LogP contribution is -2.52. The molecule has 3 N–H and O–H groups in total. The highest BCUT2D eigenvalue weighted by Gasteiger charge is 2.56. The molecule has 0 radical (unpaired) electrons. The van der Waals surface area contributed by atoms with Crippen LogP contribution in [0.5, 0.6) is 0 Å². The van der Waals surface area contributed by atoms with E-state index in [-0.39, 0.29) is 10.8 Å². The van der Waals surface area contributed by atoms with Crippen LogP contribution in [0.1, 0.15) is 66.2 Å². The van der Waals surface area contributed by atoms with Gasteiger partial charge in [-0.25, -0.2) is 0 Å². The molecule has 4 rings (SSSR count). The number of allylic oxidation sites excluding steroid dienone is 4. The highest BCUT2D eigenvalue weighted by atomic mass is 32.2. The van der Waals surface area contributed by atoms with Gasteiger partial charge >= 0.3 is 0 Å². The molecule has 2 fully saturated rings. The van der Waals surface area contributed by atoms with Crippen molar-refractivity contribution in [2.45, 2.75) is 84.0 Å². The van der Waals surface area contributed by atoms with Gasteiger partial charge in [-0.2, -0.15) is 11.8 Å². The van der Waals surface area contributed by atoms with Crippen LogP contribution in [0.25, 0.3) is 0 Å². The van der Waals surface area contributed by atoms with Crippen molar-refractivity contribution in [3.63, 3.8) is 0 Å². The summed E-state index contributed by atoms with van der Waals surface area (Å²) in [5.41, 5.74) is 3.80. The number of aliphatic hydroxyl groups excluding tert-OH is 2. The molecular formula is C25H38O3S. The molecule has 0 spiro atoms. The topological polar surface area (TPSA) is 60.7 Å². The largest absolute Gasteiger partial charge is 0.393 e. The third-order valence-electron chi connectivity index (χ3n) is 8.51. The summed E-state index contributed by atoms with van der Waals surface area (Å²) in [5, 5.41) is 31.1. The first-order valence-electron chi connectivity index (χ1n) is 11.3. The minimum Gasteiger partial charge on any atom is -0.393 e. The lowest BCUT2D eigenvalue weighted by Gasteiger charge is -2.56. The first-order valence-corrected chi connectivity index (χ1v) is 12.5. The summed E-state index contributed by atoms with van der Waals surface area (Å²) < 4.78 is 0. The van der Waals surface area contributed by atoms with Gasteiger partial charge in [0.2, 0.25) is 0 Å². The second kappa shape index (κ2) is 7.55. The molecule has 0 saturated heterocycles. The van der Waals surface area contributed by atoms with E-state index in [1.165, 1.54) is 17.6 Å². The minimum atomic E-state index is -0.581. The molecule has 3 nitrogen and oxygen atoms in total. The number of hydrogen-bond acceptors (Lipinski definition) is 4. The smallest absolute Gasteiger partial charge is 0.0661 e. The van der Waals surface area contributed by atoms with Crippen LogP contribution >= 0.6 is 11.8 Å². The summed E-state index contributed by atoms with van der Waals surface area (Å²) >= 11 is 1.95. The van der Waals surface area contributed by atoms with Gasteiger partial charge < -0.3 is 15.3 Å². The normalized spacial score (nSPS) is 41.7. The Bertz CT molecular complexity index is 746. The first-order chi connectivity index (χ1) is 13.6. The second-order valence-electron chi connectivity index (χ2n) is 10.9. The fraction of sp³-hybridized carbons (Fsp3) is 0.760. The van der Waals surface area contributed by atoms with Crippen molar-refractivity contribution >= 4 is 11.8 Å². The molecule has 4 heteroatoms. The van der Waals surface area contributed by atoms with E-state index in [0.717, 1.165) is 30.8 Å². The number of aliphatic hydroxyl groups is 3. The summed E-state index contributed by atoms with van der Waals surface area (Å²) in [6, 6.07) is 0. The van der Waals surface area contributed by atoms with Gasteiger partial charge in [-0.05, 0) is 69.0 Å². The maximum absolute atomic E-state index is 11.0. The van der Waals surface area contributed by atoms with Crippen LogP contribution < -0.4 is 0 Å². The molecule has 0 aliphatic heterocycles. The predicted molar refractivity (Wildman–Crippen MR) is 121 cm³/mol. The van der Waals surface area contributed by atoms with Gasteiger partial charge in [0.15, 0.2) is 0 Å². The Morgan fingerprint density at radius 2 is 1.93 bits per heavy atom. The van der Waals surface area contributed by atoms with Crippen LogP contribution in [0.15, 0.2) is 34.9 Å². The van der Waals surface area contributed by atoms with Gasteiger partial charge in [0, 0.05) is 17.6 Å². The zero-order valence-electron chi connectivity index (χ0n) is 18.4. The van der Waals surface area contributed by atoms with Crippen molar-refractivity contribution in [2.75, 3.05) is 11.5 Å². The van der Waals surface area contributed by atoms with Crippen LogP contribution in [-0.2, 0) is 0 Å². The Hall–Kier alpha value is -0.550. The zero-order valence-corrected chi connectivity index (χ0v) is 19.3. The molecule has 2 saturated carbocycles. The molecule has 4 aliphatic carbocycles. The molecule has 0 aromatic heterocycles. The average Bonchev–Trinajstić information content (AvgIpc) is 2.96. The summed E-state index contributed by atoms with van der Waals surface area (Å²) in [4.78, 5) is 0. The van der Waals surface area contributed by atoms with Crippen molar-refractivity contribution < 1.29 is 15.3 Å². The Morgan fingerprint density at radius 1 is 1.17 bits per heavy atom. The SMILES string of the molecule is CC(C)(O)CCSCC1=CC[C@H]2C3=CC=C4C[C@@H](O)C[C@H](O)[C@]4(C)[C@H]3CC[C@]12C. The van der Waals surface area contributed by atoms with Gasteiger partial charge in [0.1, 0.15) is 0 Å². The van der Waals surface area contributed by atoms with E-state index in [1.807, 2.05) is 25.6 Å². The fourth-order valence-electron chi connectivity index (χ4n) is 6.45. The van der Waals surface area contributed by atoms with Crippen LogP contribution in [0.2, 0.25) is 0 Å². The number of thioether (sulfide) groups is 1. The Morgan fingerprint density at radius 3 is 2.66 bits per heavy atom. The third-order valence-corrected chi connectivity index (χ3v) is 9.52. The van der Waals surface area contributed by atoms with Crippen molar-refractivity contribution in [1.82, 2.24) is 0 Å². The molecule has 0 aromatic carbocycles.